The molecule has 6 heteroatoms. The summed E-state index contributed by atoms with van der Waals surface area (Å²) in [4.78, 5) is 14.4. The molecule has 1 aromatic heterocycles. The van der Waals surface area contributed by atoms with Crippen molar-refractivity contribution in [1.82, 2.24) is 0 Å². The van der Waals surface area contributed by atoms with Crippen molar-refractivity contribution in [2.45, 2.75) is 19.8 Å². The van der Waals surface area contributed by atoms with Crippen LogP contribution in [0.25, 0.3) is 0 Å². The summed E-state index contributed by atoms with van der Waals surface area (Å²) in [5, 5.41) is 9.84. The van der Waals surface area contributed by atoms with E-state index in [0.717, 1.165) is 30.9 Å². The number of nitriles is 1. The Bertz CT molecular complexity index is 533. The summed E-state index contributed by atoms with van der Waals surface area (Å²) in [7, 11) is 1.33. The van der Waals surface area contributed by atoms with Crippen molar-refractivity contribution in [3.63, 3.8) is 0 Å². The lowest BCUT2D eigenvalue weighted by atomic mass is 10.1. The molecule has 102 valence electrons. The fraction of sp³-hybridized carbons (Fsp3) is 0.538. The summed E-state index contributed by atoms with van der Waals surface area (Å²) in [6.45, 7) is 3.97. The maximum Gasteiger partial charge on any atom is 0.343 e. The largest absolute Gasteiger partial charge is 0.465 e. The van der Waals surface area contributed by atoms with E-state index in [2.05, 4.69) is 11.8 Å². The van der Waals surface area contributed by atoms with Crippen LogP contribution in [0.5, 0.6) is 0 Å². The van der Waals surface area contributed by atoms with Crippen molar-refractivity contribution in [3.8, 4) is 6.07 Å². The lowest BCUT2D eigenvalue weighted by Gasteiger charge is -2.17. The molecule has 1 aliphatic heterocycles. The Balaban J connectivity index is 2.40. The molecule has 0 radical (unpaired) electrons. The van der Waals surface area contributed by atoms with Gasteiger partial charge in [0.05, 0.1) is 12.8 Å². The van der Waals surface area contributed by atoms with Crippen LogP contribution >= 0.6 is 11.3 Å². The third-order valence-corrected chi connectivity index (χ3v) is 4.74. The smallest absolute Gasteiger partial charge is 0.343 e. The number of rotatable bonds is 3. The van der Waals surface area contributed by atoms with Gasteiger partial charge in [-0.05, 0) is 12.3 Å². The average Bonchev–Trinajstić information content (AvgIpc) is 3.01. The topological polar surface area (TPSA) is 79.4 Å². The van der Waals surface area contributed by atoms with E-state index in [1.54, 1.807) is 0 Å². The number of methoxy groups -OCH3 is 1. The van der Waals surface area contributed by atoms with Crippen molar-refractivity contribution in [1.29, 1.82) is 5.26 Å². The predicted molar refractivity (Wildman–Crippen MR) is 75.4 cm³/mol. The number of thiophene rings is 1. The first kappa shape index (κ1) is 13.7. The third-order valence-electron chi connectivity index (χ3n) is 3.57. The first-order chi connectivity index (χ1) is 9.12. The van der Waals surface area contributed by atoms with E-state index in [0.29, 0.717) is 16.4 Å². The number of hydrogen-bond acceptors (Lipinski definition) is 6. The van der Waals surface area contributed by atoms with Gasteiger partial charge in [-0.15, -0.1) is 11.3 Å². The minimum atomic E-state index is -0.467. The van der Waals surface area contributed by atoms with Crippen LogP contribution in [0, 0.1) is 17.2 Å². The van der Waals surface area contributed by atoms with E-state index in [4.69, 9.17) is 15.7 Å². The van der Waals surface area contributed by atoms with Gasteiger partial charge in [0.15, 0.2) is 0 Å². The molecule has 5 nitrogen and oxygen atoms in total. The highest BCUT2D eigenvalue weighted by Crippen LogP contribution is 2.40. The molecule has 1 aromatic rings. The van der Waals surface area contributed by atoms with Crippen molar-refractivity contribution < 1.29 is 9.53 Å². The van der Waals surface area contributed by atoms with Gasteiger partial charge in [-0.2, -0.15) is 5.26 Å². The van der Waals surface area contributed by atoms with Gasteiger partial charge in [-0.3, -0.25) is 0 Å². The van der Waals surface area contributed by atoms with E-state index in [1.807, 2.05) is 6.07 Å². The van der Waals surface area contributed by atoms with Gasteiger partial charge in [0.1, 0.15) is 21.5 Å². The summed E-state index contributed by atoms with van der Waals surface area (Å²) < 4.78 is 4.78. The molecule has 1 fully saturated rings. The summed E-state index contributed by atoms with van der Waals surface area (Å²) in [6.07, 6.45) is 2.23. The average molecular weight is 279 g/mol. The molecule has 2 rings (SSSR count). The highest BCUT2D eigenvalue weighted by Gasteiger charge is 2.30. The van der Waals surface area contributed by atoms with Gasteiger partial charge in [0.25, 0.3) is 0 Å². The normalized spacial score (nSPS) is 18.4. The first-order valence-corrected chi connectivity index (χ1v) is 7.09. The monoisotopic (exact) mass is 279 g/mol. The number of anilines is 2. The van der Waals surface area contributed by atoms with Crippen molar-refractivity contribution in [2.75, 3.05) is 30.8 Å². The van der Waals surface area contributed by atoms with Crippen LogP contribution in [0.2, 0.25) is 0 Å². The van der Waals surface area contributed by atoms with Crippen molar-refractivity contribution in [2.24, 2.45) is 5.92 Å². The Morgan fingerprint density at radius 2 is 2.42 bits per heavy atom. The van der Waals surface area contributed by atoms with E-state index < -0.39 is 5.97 Å². The maximum atomic E-state index is 11.9. The zero-order chi connectivity index (χ0) is 14.0. The van der Waals surface area contributed by atoms with Crippen LogP contribution in [0.1, 0.15) is 35.0 Å². The fourth-order valence-corrected chi connectivity index (χ4v) is 3.43. The molecule has 0 aromatic carbocycles. The minimum absolute atomic E-state index is 0.245. The molecule has 0 spiro atoms. The summed E-state index contributed by atoms with van der Waals surface area (Å²) in [6, 6.07) is 2.04. The SMILES string of the molecule is CCC1CCN(c2sc(C#N)c(N)c2C(=O)OC)C1. The Labute approximate surface area is 116 Å². The van der Waals surface area contributed by atoms with Gasteiger partial charge in [0.2, 0.25) is 0 Å². The Hall–Kier alpha value is -1.74. The number of nitrogens with two attached hydrogens (primary N) is 1. The molecule has 0 bridgehead atoms. The number of ether oxygens (including phenoxy) is 1. The molecule has 2 heterocycles. The molecule has 1 saturated heterocycles. The number of carbonyl (C=O) groups is 1. The quantitative estimate of drug-likeness (QED) is 0.858. The van der Waals surface area contributed by atoms with Gasteiger partial charge in [0, 0.05) is 13.1 Å². The first-order valence-electron chi connectivity index (χ1n) is 6.27. The predicted octanol–water partition coefficient (Wildman–Crippen LogP) is 2.22. The molecule has 19 heavy (non-hydrogen) atoms. The Kier molecular flexibility index (Phi) is 3.96. The van der Waals surface area contributed by atoms with Gasteiger partial charge in [-0.1, -0.05) is 13.3 Å². The molecular weight excluding hydrogens is 262 g/mol. The van der Waals surface area contributed by atoms with E-state index in [1.165, 1.54) is 18.4 Å². The number of nitrogen functional groups attached to an aromatic ring is 1. The third kappa shape index (κ3) is 2.38. The molecule has 1 atom stereocenters. The molecule has 2 N–H and O–H groups in total. The molecular formula is C13H17N3O2S. The molecule has 0 aliphatic carbocycles. The van der Waals surface area contributed by atoms with Crippen LogP contribution in [-0.4, -0.2) is 26.2 Å². The second kappa shape index (κ2) is 5.49. The Morgan fingerprint density at radius 3 is 2.95 bits per heavy atom. The number of carbonyl (C=O) groups excluding carboxylic acids is 1. The van der Waals surface area contributed by atoms with Crippen LogP contribution in [0.15, 0.2) is 0 Å². The zero-order valence-corrected chi connectivity index (χ0v) is 11.9. The molecule has 0 amide bonds. The van der Waals surface area contributed by atoms with Gasteiger partial charge in [-0.25, -0.2) is 4.79 Å². The van der Waals surface area contributed by atoms with Crippen LogP contribution in [0.4, 0.5) is 10.7 Å². The summed E-state index contributed by atoms with van der Waals surface area (Å²) >= 11 is 1.28. The maximum absolute atomic E-state index is 11.9. The Morgan fingerprint density at radius 1 is 1.68 bits per heavy atom. The van der Waals surface area contributed by atoms with E-state index in [-0.39, 0.29) is 5.69 Å². The molecule has 1 unspecified atom stereocenters. The standard InChI is InChI=1S/C13H17N3O2S/c1-3-8-4-5-16(7-8)12-10(13(17)18-2)11(15)9(6-14)19-12/h8H,3-5,7,15H2,1-2H3. The van der Waals surface area contributed by atoms with E-state index >= 15 is 0 Å². The summed E-state index contributed by atoms with van der Waals surface area (Å²) in [5.41, 5.74) is 6.48. The second-order valence-electron chi connectivity index (χ2n) is 4.64. The van der Waals surface area contributed by atoms with Crippen molar-refractivity contribution >= 4 is 28.0 Å². The van der Waals surface area contributed by atoms with Gasteiger partial charge >= 0.3 is 5.97 Å². The van der Waals surface area contributed by atoms with Gasteiger partial charge < -0.3 is 15.4 Å². The number of nitrogens with zero attached hydrogens (tertiary/aromatic N) is 2. The van der Waals surface area contributed by atoms with Crippen molar-refractivity contribution in [3.05, 3.63) is 10.4 Å². The number of esters is 1. The lowest BCUT2D eigenvalue weighted by Crippen LogP contribution is -2.21. The highest BCUT2D eigenvalue weighted by molar-refractivity contribution is 7.17. The lowest BCUT2D eigenvalue weighted by molar-refractivity contribution is 0.0603. The molecule has 1 aliphatic rings. The highest BCUT2D eigenvalue weighted by atomic mass is 32.1. The van der Waals surface area contributed by atoms with Crippen LogP contribution in [0.3, 0.4) is 0 Å². The molecule has 0 saturated carbocycles. The number of hydrogen-bond donors (Lipinski definition) is 1. The van der Waals surface area contributed by atoms with Crippen LogP contribution < -0.4 is 10.6 Å². The minimum Gasteiger partial charge on any atom is -0.465 e. The zero-order valence-electron chi connectivity index (χ0n) is 11.1. The van der Waals surface area contributed by atoms with Crippen LogP contribution in [-0.2, 0) is 4.74 Å². The fourth-order valence-electron chi connectivity index (χ4n) is 2.39. The second-order valence-corrected chi connectivity index (χ2v) is 5.64. The van der Waals surface area contributed by atoms with E-state index in [9.17, 15) is 4.79 Å². The summed E-state index contributed by atoms with van der Waals surface area (Å²) in [5.74, 6) is 0.171.